The van der Waals surface area contributed by atoms with Gasteiger partial charge >= 0.3 is 0 Å². The average Bonchev–Trinajstić information content (AvgIpc) is 2.14. The van der Waals surface area contributed by atoms with Crippen molar-refractivity contribution in [3.05, 3.63) is 0 Å². The van der Waals surface area contributed by atoms with Gasteiger partial charge in [-0.3, -0.25) is 0 Å². The topological polar surface area (TPSA) is 15.3 Å². The van der Waals surface area contributed by atoms with Crippen molar-refractivity contribution < 1.29 is 0 Å². The van der Waals surface area contributed by atoms with Crippen molar-refractivity contribution in [2.45, 2.75) is 53.0 Å². The molecule has 0 aliphatic carbocycles. The Morgan fingerprint density at radius 1 is 1.38 bits per heavy atom. The second kappa shape index (κ2) is 6.02. The molecule has 2 heteroatoms. The highest BCUT2D eigenvalue weighted by molar-refractivity contribution is 4.75. The van der Waals surface area contributed by atoms with Crippen molar-refractivity contribution in [1.29, 1.82) is 0 Å². The summed E-state index contributed by atoms with van der Waals surface area (Å²) in [5.74, 6) is 1.65. The molecule has 2 nitrogen and oxygen atoms in total. The number of rotatable bonds is 4. The Morgan fingerprint density at radius 2 is 2.06 bits per heavy atom. The lowest BCUT2D eigenvalue weighted by molar-refractivity contribution is 0.159. The Bertz CT molecular complexity index is 195. The molecule has 0 spiro atoms. The van der Waals surface area contributed by atoms with E-state index in [4.69, 9.17) is 0 Å². The second-order valence-corrected chi connectivity index (χ2v) is 6.74. The van der Waals surface area contributed by atoms with E-state index in [-0.39, 0.29) is 5.54 Å². The normalized spacial score (nSPS) is 25.7. The first-order valence-electron chi connectivity index (χ1n) is 6.84. The standard InChI is InChI=1S/C14H30N2/c1-12-7-6-8-16(10-12)11-13(2)9-15-14(3,4)5/h12-13,15H,6-11H2,1-5H3. The molecule has 0 bridgehead atoms. The van der Waals surface area contributed by atoms with Crippen molar-refractivity contribution in [2.75, 3.05) is 26.2 Å². The van der Waals surface area contributed by atoms with Gasteiger partial charge in [-0.2, -0.15) is 0 Å². The lowest BCUT2D eigenvalue weighted by Crippen LogP contribution is -2.43. The highest BCUT2D eigenvalue weighted by Gasteiger charge is 2.18. The van der Waals surface area contributed by atoms with Crippen LogP contribution >= 0.6 is 0 Å². The number of nitrogens with zero attached hydrogens (tertiary/aromatic N) is 1. The van der Waals surface area contributed by atoms with E-state index in [2.05, 4.69) is 44.8 Å². The zero-order valence-electron chi connectivity index (χ0n) is 11.8. The third-order valence-electron chi connectivity index (χ3n) is 3.29. The highest BCUT2D eigenvalue weighted by atomic mass is 15.1. The van der Waals surface area contributed by atoms with Crippen LogP contribution in [0, 0.1) is 11.8 Å². The minimum absolute atomic E-state index is 0.253. The minimum atomic E-state index is 0.253. The van der Waals surface area contributed by atoms with Gasteiger partial charge in [0.25, 0.3) is 0 Å². The molecule has 1 fully saturated rings. The first-order chi connectivity index (χ1) is 7.37. The Morgan fingerprint density at radius 3 is 2.62 bits per heavy atom. The molecular formula is C14H30N2. The zero-order chi connectivity index (χ0) is 12.2. The van der Waals surface area contributed by atoms with Gasteiger partial charge in [-0.15, -0.1) is 0 Å². The van der Waals surface area contributed by atoms with E-state index < -0.39 is 0 Å². The van der Waals surface area contributed by atoms with Crippen molar-refractivity contribution in [2.24, 2.45) is 11.8 Å². The second-order valence-electron chi connectivity index (χ2n) is 6.74. The Kier molecular flexibility index (Phi) is 5.26. The van der Waals surface area contributed by atoms with Crippen LogP contribution in [0.2, 0.25) is 0 Å². The summed E-state index contributed by atoms with van der Waals surface area (Å²) in [5, 5.41) is 3.60. The number of hydrogen-bond acceptors (Lipinski definition) is 2. The van der Waals surface area contributed by atoms with Crippen molar-refractivity contribution >= 4 is 0 Å². The SMILES string of the molecule is CC1CCCN(CC(C)CNC(C)(C)C)C1. The van der Waals surface area contributed by atoms with E-state index in [1.165, 1.54) is 32.5 Å². The largest absolute Gasteiger partial charge is 0.312 e. The summed E-state index contributed by atoms with van der Waals surface area (Å²) in [6.07, 6.45) is 2.81. The molecule has 0 aromatic heterocycles. The molecule has 1 heterocycles. The van der Waals surface area contributed by atoms with Crippen molar-refractivity contribution in [3.8, 4) is 0 Å². The molecule has 0 aromatic rings. The third kappa shape index (κ3) is 5.86. The lowest BCUT2D eigenvalue weighted by Gasteiger charge is -2.33. The van der Waals surface area contributed by atoms with Crippen molar-refractivity contribution in [1.82, 2.24) is 10.2 Å². The molecular weight excluding hydrogens is 196 g/mol. The maximum Gasteiger partial charge on any atom is 0.00966 e. The Balaban J connectivity index is 2.20. The zero-order valence-corrected chi connectivity index (χ0v) is 11.8. The molecule has 0 saturated carbocycles. The fraction of sp³-hybridized carbons (Fsp3) is 1.00. The van der Waals surface area contributed by atoms with Crippen LogP contribution in [0.4, 0.5) is 0 Å². The van der Waals surface area contributed by atoms with Gasteiger partial charge in [0.2, 0.25) is 0 Å². The third-order valence-corrected chi connectivity index (χ3v) is 3.29. The lowest BCUT2D eigenvalue weighted by atomic mass is 9.99. The van der Waals surface area contributed by atoms with Gasteiger partial charge < -0.3 is 10.2 Å². The van der Waals surface area contributed by atoms with Crippen LogP contribution in [0.5, 0.6) is 0 Å². The van der Waals surface area contributed by atoms with Crippen LogP contribution in [0.25, 0.3) is 0 Å². The number of hydrogen-bond donors (Lipinski definition) is 1. The number of likely N-dealkylation sites (tertiary alicyclic amines) is 1. The maximum atomic E-state index is 3.60. The van der Waals surface area contributed by atoms with Gasteiger partial charge in [-0.1, -0.05) is 13.8 Å². The van der Waals surface area contributed by atoms with Gasteiger partial charge in [0.1, 0.15) is 0 Å². The molecule has 2 unspecified atom stereocenters. The first kappa shape index (κ1) is 14.0. The molecule has 96 valence electrons. The van der Waals surface area contributed by atoms with Crippen LogP contribution in [0.1, 0.15) is 47.5 Å². The predicted octanol–water partition coefficient (Wildman–Crippen LogP) is 2.74. The summed E-state index contributed by atoms with van der Waals surface area (Å²) >= 11 is 0. The molecule has 1 aliphatic heterocycles. The van der Waals surface area contributed by atoms with Gasteiger partial charge in [0, 0.05) is 18.6 Å². The maximum absolute atomic E-state index is 3.60. The van der Waals surface area contributed by atoms with E-state index in [0.29, 0.717) is 0 Å². The highest BCUT2D eigenvalue weighted by Crippen LogP contribution is 2.16. The number of nitrogens with one attached hydrogen (secondary N) is 1. The van der Waals surface area contributed by atoms with Gasteiger partial charge in [-0.25, -0.2) is 0 Å². The summed E-state index contributed by atoms with van der Waals surface area (Å²) in [6.45, 7) is 16.5. The summed E-state index contributed by atoms with van der Waals surface area (Å²) < 4.78 is 0. The Hall–Kier alpha value is -0.0800. The van der Waals surface area contributed by atoms with E-state index in [1.807, 2.05) is 0 Å². The molecule has 0 amide bonds. The molecule has 16 heavy (non-hydrogen) atoms. The average molecular weight is 226 g/mol. The predicted molar refractivity (Wildman–Crippen MR) is 71.8 cm³/mol. The molecule has 0 radical (unpaired) electrons. The molecule has 1 aliphatic rings. The van der Waals surface area contributed by atoms with Crippen LogP contribution in [0.3, 0.4) is 0 Å². The molecule has 1 saturated heterocycles. The van der Waals surface area contributed by atoms with Gasteiger partial charge in [0.15, 0.2) is 0 Å². The molecule has 0 aromatic carbocycles. The summed E-state index contributed by atoms with van der Waals surface area (Å²) in [4.78, 5) is 2.64. The van der Waals surface area contributed by atoms with Crippen LogP contribution in [-0.4, -0.2) is 36.6 Å². The van der Waals surface area contributed by atoms with Gasteiger partial charge in [0.05, 0.1) is 0 Å². The molecule has 2 atom stereocenters. The van der Waals surface area contributed by atoms with E-state index in [1.54, 1.807) is 0 Å². The van der Waals surface area contributed by atoms with Crippen LogP contribution in [0.15, 0.2) is 0 Å². The van der Waals surface area contributed by atoms with Crippen LogP contribution in [-0.2, 0) is 0 Å². The first-order valence-corrected chi connectivity index (χ1v) is 6.84. The van der Waals surface area contributed by atoms with Crippen molar-refractivity contribution in [3.63, 3.8) is 0 Å². The van der Waals surface area contributed by atoms with Crippen LogP contribution < -0.4 is 5.32 Å². The van der Waals surface area contributed by atoms with E-state index in [9.17, 15) is 0 Å². The Labute approximate surface area is 102 Å². The summed E-state index contributed by atoms with van der Waals surface area (Å²) in [5.41, 5.74) is 0.253. The van der Waals surface area contributed by atoms with E-state index >= 15 is 0 Å². The quantitative estimate of drug-likeness (QED) is 0.793. The van der Waals surface area contributed by atoms with Gasteiger partial charge in [-0.05, 0) is 58.5 Å². The number of piperidine rings is 1. The fourth-order valence-electron chi connectivity index (χ4n) is 2.44. The summed E-state index contributed by atoms with van der Waals surface area (Å²) in [7, 11) is 0. The summed E-state index contributed by atoms with van der Waals surface area (Å²) in [6, 6.07) is 0. The monoisotopic (exact) mass is 226 g/mol. The minimum Gasteiger partial charge on any atom is -0.312 e. The fourth-order valence-corrected chi connectivity index (χ4v) is 2.44. The smallest absolute Gasteiger partial charge is 0.00966 e. The molecule has 1 rings (SSSR count). The molecule has 1 N–H and O–H groups in total. The van der Waals surface area contributed by atoms with E-state index in [0.717, 1.165) is 18.4 Å².